The molecule has 0 spiro atoms. The fourth-order valence-corrected chi connectivity index (χ4v) is 30.7. The highest BCUT2D eigenvalue weighted by atomic mass is 28.5. The summed E-state index contributed by atoms with van der Waals surface area (Å²) in [6.07, 6.45) is 5.11. The van der Waals surface area contributed by atoms with Crippen molar-refractivity contribution in [1.82, 2.24) is 24.5 Å². The van der Waals surface area contributed by atoms with Crippen LogP contribution >= 0.6 is 0 Å². The normalized spacial score (nSPS) is 19.1. The first-order valence-electron chi connectivity index (χ1n) is 18.2. The number of nitrogens with zero attached hydrogens (tertiary/aromatic N) is 5. The quantitative estimate of drug-likeness (QED) is 0.0875. The molecule has 0 saturated heterocycles. The molecule has 0 aliphatic carbocycles. The molecule has 0 saturated carbocycles. The third-order valence-corrected chi connectivity index (χ3v) is 30.6. The molecule has 0 bridgehead atoms. The zero-order chi connectivity index (χ0) is 37.2. The number of hydrogen-bond donors (Lipinski definition) is 0. The topological polar surface area (TPSA) is 71.6 Å². The third-order valence-electron chi connectivity index (χ3n) is 8.77. The van der Waals surface area contributed by atoms with Gasteiger partial charge in [0.25, 0.3) is 0 Å². The summed E-state index contributed by atoms with van der Waals surface area (Å²) in [4.78, 5) is 11.2. The fraction of sp³-hybridized carbons (Fsp3) is 1.00. The first kappa shape index (κ1) is 48.6. The van der Waals surface area contributed by atoms with Gasteiger partial charge in [-0.3, -0.25) is 0 Å². The largest absolute Gasteiger partial charge is 0.416 e. The highest BCUT2D eigenvalue weighted by molar-refractivity contribution is 6.90. The summed E-state index contributed by atoms with van der Waals surface area (Å²) in [6.45, 7) is 16.3. The Morgan fingerprint density at radius 2 is 0.479 bits per heavy atom. The summed E-state index contributed by atoms with van der Waals surface area (Å²) in [5.41, 5.74) is 0. The maximum atomic E-state index is 7.55. The van der Waals surface area contributed by atoms with Gasteiger partial charge in [-0.2, -0.15) is 0 Å². The van der Waals surface area contributed by atoms with E-state index in [9.17, 15) is 0 Å². The molecule has 0 aromatic rings. The van der Waals surface area contributed by atoms with Crippen molar-refractivity contribution >= 4 is 42.8 Å². The predicted octanol–water partition coefficient (Wildman–Crippen LogP) is 5.46. The van der Waals surface area contributed by atoms with Crippen LogP contribution in [0.4, 0.5) is 0 Å². The van der Waals surface area contributed by atoms with Crippen molar-refractivity contribution < 1.29 is 25.3 Å². The van der Waals surface area contributed by atoms with Gasteiger partial charge in [-0.05, 0) is 198 Å². The van der Waals surface area contributed by atoms with E-state index in [1.54, 1.807) is 0 Å². The monoisotopic (exact) mass is 772 g/mol. The molecule has 16 heteroatoms. The summed E-state index contributed by atoms with van der Waals surface area (Å²) in [5, 5.41) is 0. The first-order valence-corrected chi connectivity index (χ1v) is 30.8. The van der Waals surface area contributed by atoms with Crippen molar-refractivity contribution in [2.75, 3.05) is 117 Å². The molecule has 0 N–H and O–H groups in total. The van der Waals surface area contributed by atoms with Crippen LogP contribution in [0.1, 0.15) is 32.1 Å². The summed E-state index contributed by atoms with van der Waals surface area (Å²) < 4.78 is 42.2. The Morgan fingerprint density at radius 3 is 0.646 bits per heavy atom. The molecule has 11 nitrogen and oxygen atoms in total. The van der Waals surface area contributed by atoms with Crippen molar-refractivity contribution in [3.8, 4) is 0 Å². The molecular weight excluding hydrogens is 691 g/mol. The SMILES string of the molecule is CO[Si](C)(CCCN(C)C)O[Si](C)(CCCN(C)C)O[Si](C)(CCCN(C)C)O[Si](C)(CCCN(C)C)O[Si](C)(CCCN(C)C)OC. The zero-order valence-electron chi connectivity index (χ0n) is 34.8. The van der Waals surface area contributed by atoms with Crippen LogP contribution in [0.15, 0.2) is 0 Å². The van der Waals surface area contributed by atoms with Gasteiger partial charge in [-0.15, -0.1) is 0 Å². The van der Waals surface area contributed by atoms with Crippen molar-refractivity contribution in [2.24, 2.45) is 0 Å². The minimum absolute atomic E-state index is 0.891. The summed E-state index contributed by atoms with van der Waals surface area (Å²) in [7, 11) is 11.6. The van der Waals surface area contributed by atoms with Gasteiger partial charge in [0.05, 0.1) is 0 Å². The predicted molar refractivity (Wildman–Crippen MR) is 216 cm³/mol. The van der Waals surface area contributed by atoms with Crippen molar-refractivity contribution in [1.29, 1.82) is 0 Å². The molecule has 4 atom stereocenters. The van der Waals surface area contributed by atoms with Crippen LogP contribution in [-0.4, -0.2) is 185 Å². The van der Waals surface area contributed by atoms with Gasteiger partial charge in [-0.25, -0.2) is 0 Å². The standard InChI is InChI=1S/C32H81N5O6Si5/c1-33(2)23-18-28-44(13,38-11)40-46(15,30-20-25-35(5)6)42-48(17,32-22-27-37(9)10)43-47(16,31-21-26-36(7)8)41-45(14,39-12)29-19-24-34(3)4/h18-32H2,1-17H3. The van der Waals surface area contributed by atoms with Crippen molar-refractivity contribution in [2.45, 2.75) is 95.1 Å². The van der Waals surface area contributed by atoms with Crippen molar-refractivity contribution in [3.63, 3.8) is 0 Å². The molecule has 0 radical (unpaired) electrons. The summed E-state index contributed by atoms with van der Waals surface area (Å²) in [5.74, 6) is 0. The van der Waals surface area contributed by atoms with Crippen LogP contribution in [0.25, 0.3) is 0 Å². The zero-order valence-corrected chi connectivity index (χ0v) is 39.8. The molecule has 0 heterocycles. The Labute approximate surface area is 304 Å². The lowest BCUT2D eigenvalue weighted by molar-refractivity contribution is 0.227. The molecule has 0 aliphatic heterocycles. The maximum absolute atomic E-state index is 7.55. The third kappa shape index (κ3) is 22.6. The second-order valence-electron chi connectivity index (χ2n) is 16.0. The number of hydrogen-bond acceptors (Lipinski definition) is 11. The van der Waals surface area contributed by atoms with E-state index in [-0.39, 0.29) is 0 Å². The van der Waals surface area contributed by atoms with E-state index in [0.717, 1.165) is 95.0 Å². The molecule has 290 valence electrons. The second-order valence-corrected chi connectivity index (χ2v) is 33.9. The second kappa shape index (κ2) is 23.3. The van der Waals surface area contributed by atoms with Crippen LogP contribution in [-0.2, 0) is 25.3 Å². The minimum atomic E-state index is -2.83. The van der Waals surface area contributed by atoms with E-state index < -0.39 is 42.8 Å². The fourth-order valence-electron chi connectivity index (χ4n) is 6.17. The van der Waals surface area contributed by atoms with Crippen LogP contribution in [0.5, 0.6) is 0 Å². The molecule has 0 aromatic heterocycles. The van der Waals surface area contributed by atoms with E-state index in [4.69, 9.17) is 25.3 Å². The Morgan fingerprint density at radius 1 is 0.312 bits per heavy atom. The van der Waals surface area contributed by atoms with Gasteiger partial charge < -0.3 is 49.8 Å². The van der Waals surface area contributed by atoms with E-state index in [1.807, 2.05) is 14.2 Å². The Bertz CT molecular complexity index is 799. The Kier molecular flexibility index (Phi) is 23.7. The van der Waals surface area contributed by atoms with Gasteiger partial charge in [0, 0.05) is 14.2 Å². The highest BCUT2D eigenvalue weighted by Crippen LogP contribution is 2.35. The molecule has 0 rings (SSSR count). The average molecular weight is 772 g/mol. The summed E-state index contributed by atoms with van der Waals surface area (Å²) >= 11 is 0. The van der Waals surface area contributed by atoms with Crippen LogP contribution in [0.2, 0.25) is 63.0 Å². The van der Waals surface area contributed by atoms with E-state index in [2.05, 4.69) is 128 Å². The lowest BCUT2D eigenvalue weighted by Crippen LogP contribution is -2.62. The number of rotatable bonds is 30. The van der Waals surface area contributed by atoms with E-state index in [0.29, 0.717) is 0 Å². The molecule has 0 amide bonds. The highest BCUT2D eigenvalue weighted by Gasteiger charge is 2.52. The van der Waals surface area contributed by atoms with Gasteiger partial charge in [0.15, 0.2) is 0 Å². The Hall–Kier alpha value is 0.644. The molecule has 48 heavy (non-hydrogen) atoms. The first-order chi connectivity index (χ1) is 22.0. The molecule has 0 aliphatic rings. The lowest BCUT2D eigenvalue weighted by Gasteiger charge is -2.46. The van der Waals surface area contributed by atoms with Crippen LogP contribution in [0.3, 0.4) is 0 Å². The smallest absolute Gasteiger partial charge is 0.325 e. The van der Waals surface area contributed by atoms with Gasteiger partial charge >= 0.3 is 42.8 Å². The van der Waals surface area contributed by atoms with E-state index in [1.165, 1.54) is 0 Å². The molecular formula is C32H81N5O6Si5. The van der Waals surface area contributed by atoms with Crippen molar-refractivity contribution in [3.05, 3.63) is 0 Å². The van der Waals surface area contributed by atoms with Gasteiger partial charge in [-0.1, -0.05) is 0 Å². The van der Waals surface area contributed by atoms with Gasteiger partial charge in [0.2, 0.25) is 0 Å². The van der Waals surface area contributed by atoms with Gasteiger partial charge in [0.1, 0.15) is 0 Å². The van der Waals surface area contributed by atoms with Crippen LogP contribution in [0, 0.1) is 0 Å². The lowest BCUT2D eigenvalue weighted by atomic mass is 10.5. The van der Waals surface area contributed by atoms with E-state index >= 15 is 0 Å². The average Bonchev–Trinajstić information content (AvgIpc) is 2.91. The van der Waals surface area contributed by atoms with Crippen LogP contribution < -0.4 is 0 Å². The Balaban J connectivity index is 6.71. The molecule has 0 fully saturated rings. The summed E-state index contributed by atoms with van der Waals surface area (Å²) in [6, 6.07) is 4.57. The molecule has 0 aromatic carbocycles. The minimum Gasteiger partial charge on any atom is -0.416 e. The molecule has 4 unspecified atom stereocenters. The maximum Gasteiger partial charge on any atom is 0.325 e.